The Morgan fingerprint density at radius 1 is 1.24 bits per heavy atom. The molecule has 0 bridgehead atoms. The molecule has 1 atom stereocenters. The average Bonchev–Trinajstić information content (AvgIpc) is 2.57. The van der Waals surface area contributed by atoms with Gasteiger partial charge in [0.2, 0.25) is 5.95 Å². The van der Waals surface area contributed by atoms with Crippen LogP contribution in [0.3, 0.4) is 0 Å². The minimum absolute atomic E-state index is 0.128. The molecule has 17 heavy (non-hydrogen) atoms. The van der Waals surface area contributed by atoms with E-state index in [2.05, 4.69) is 57.6 Å². The summed E-state index contributed by atoms with van der Waals surface area (Å²) in [5.41, 5.74) is 1.65. The van der Waals surface area contributed by atoms with E-state index in [1.165, 1.54) is 5.69 Å². The number of nitrogens with zero attached hydrogens (tertiary/aromatic N) is 2. The molecular weight excluding hydrogens is 210 g/mol. The molecule has 2 rings (SSSR count). The van der Waals surface area contributed by atoms with Crippen LogP contribution in [0.2, 0.25) is 0 Å². The summed E-state index contributed by atoms with van der Waals surface area (Å²) in [6, 6.07) is 0. The average molecular weight is 235 g/mol. The van der Waals surface area contributed by atoms with Gasteiger partial charge in [-0.2, -0.15) is 0 Å². The zero-order chi connectivity index (χ0) is 12.8. The van der Waals surface area contributed by atoms with E-state index in [-0.39, 0.29) is 5.41 Å². The number of rotatable bonds is 0. The summed E-state index contributed by atoms with van der Waals surface area (Å²) in [6.07, 6.45) is 2.21. The topological polar surface area (TPSA) is 29.9 Å². The maximum atomic E-state index is 4.69. The summed E-state index contributed by atoms with van der Waals surface area (Å²) >= 11 is 0. The van der Waals surface area contributed by atoms with Crippen LogP contribution >= 0.6 is 0 Å². The Kier molecular flexibility index (Phi) is 2.75. The van der Waals surface area contributed by atoms with Crippen LogP contribution in [0.5, 0.6) is 0 Å². The number of fused-ring (bicyclic) bond motifs is 1. The fourth-order valence-electron chi connectivity index (χ4n) is 2.15. The second-order valence-electron chi connectivity index (χ2n) is 7.30. The van der Waals surface area contributed by atoms with Crippen LogP contribution in [-0.4, -0.2) is 16.1 Å². The Bertz CT molecular complexity index is 404. The molecule has 1 aliphatic rings. The van der Waals surface area contributed by atoms with E-state index >= 15 is 0 Å². The minimum Gasteiger partial charge on any atom is -0.355 e. The molecule has 96 valence electrons. The van der Waals surface area contributed by atoms with Gasteiger partial charge >= 0.3 is 0 Å². The molecule has 0 saturated carbocycles. The molecule has 0 saturated heterocycles. The zero-order valence-electron chi connectivity index (χ0n) is 12.0. The molecule has 1 aromatic heterocycles. The van der Waals surface area contributed by atoms with Crippen molar-refractivity contribution in [2.75, 3.05) is 11.9 Å². The van der Waals surface area contributed by atoms with E-state index in [4.69, 9.17) is 4.98 Å². The summed E-state index contributed by atoms with van der Waals surface area (Å²) in [5.74, 6) is 1.70. The van der Waals surface area contributed by atoms with Gasteiger partial charge < -0.3 is 9.88 Å². The highest BCUT2D eigenvalue weighted by molar-refractivity contribution is 5.33. The first-order chi connectivity index (χ1) is 7.68. The lowest BCUT2D eigenvalue weighted by Crippen LogP contribution is -2.35. The second-order valence-corrected chi connectivity index (χ2v) is 7.30. The fourth-order valence-corrected chi connectivity index (χ4v) is 2.15. The first-order valence-corrected chi connectivity index (χ1v) is 6.49. The van der Waals surface area contributed by atoms with E-state index in [0.717, 1.165) is 19.0 Å². The summed E-state index contributed by atoms with van der Waals surface area (Å²) in [4.78, 5) is 4.69. The van der Waals surface area contributed by atoms with Crippen LogP contribution in [0.15, 0.2) is 6.20 Å². The second kappa shape index (κ2) is 3.76. The van der Waals surface area contributed by atoms with Gasteiger partial charge in [-0.3, -0.25) is 0 Å². The summed E-state index contributed by atoms with van der Waals surface area (Å²) in [6.45, 7) is 15.7. The predicted molar refractivity (Wildman–Crippen MR) is 72.4 cm³/mol. The maximum absolute atomic E-state index is 4.69. The van der Waals surface area contributed by atoms with Crippen LogP contribution in [0, 0.1) is 11.3 Å². The van der Waals surface area contributed by atoms with Crippen molar-refractivity contribution in [1.82, 2.24) is 9.55 Å². The molecule has 0 fully saturated rings. The molecule has 0 aromatic carbocycles. The highest BCUT2D eigenvalue weighted by Gasteiger charge is 2.30. The first kappa shape index (κ1) is 12.5. The quantitative estimate of drug-likeness (QED) is 0.748. The third-order valence-electron chi connectivity index (χ3n) is 3.69. The van der Waals surface area contributed by atoms with Gasteiger partial charge in [0.25, 0.3) is 0 Å². The lowest BCUT2D eigenvalue weighted by atomic mass is 9.80. The van der Waals surface area contributed by atoms with Crippen molar-refractivity contribution in [2.45, 2.75) is 53.5 Å². The molecule has 1 unspecified atom stereocenters. The lowest BCUT2D eigenvalue weighted by molar-refractivity contribution is 0.216. The first-order valence-electron chi connectivity index (χ1n) is 6.49. The van der Waals surface area contributed by atoms with Crippen molar-refractivity contribution < 1.29 is 0 Å². The van der Waals surface area contributed by atoms with Gasteiger partial charge in [-0.05, 0) is 11.3 Å². The summed E-state index contributed by atoms with van der Waals surface area (Å²) < 4.78 is 2.28. The largest absolute Gasteiger partial charge is 0.355 e. The van der Waals surface area contributed by atoms with E-state index in [0.29, 0.717) is 11.3 Å². The van der Waals surface area contributed by atoms with E-state index in [9.17, 15) is 0 Å². The molecule has 1 aliphatic heterocycles. The Morgan fingerprint density at radius 3 is 2.41 bits per heavy atom. The molecule has 1 N–H and O–H groups in total. The highest BCUT2D eigenvalue weighted by Crippen LogP contribution is 2.33. The fraction of sp³-hybridized carbons (Fsp3) is 0.786. The van der Waals surface area contributed by atoms with Gasteiger partial charge in [0.05, 0.1) is 5.69 Å². The van der Waals surface area contributed by atoms with Crippen LogP contribution in [0.25, 0.3) is 0 Å². The predicted octanol–water partition coefficient (Wildman–Crippen LogP) is 3.27. The number of hydrogen-bond donors (Lipinski definition) is 1. The van der Waals surface area contributed by atoms with E-state index in [1.54, 1.807) is 0 Å². The number of hydrogen-bond acceptors (Lipinski definition) is 2. The SMILES string of the molecule is CC(C)(C)c1cn2c(n1)NCC(C(C)(C)C)C2. The van der Waals surface area contributed by atoms with Crippen LogP contribution in [-0.2, 0) is 12.0 Å². The Balaban J connectivity index is 2.25. The maximum Gasteiger partial charge on any atom is 0.203 e. The van der Waals surface area contributed by atoms with Crippen molar-refractivity contribution in [3.05, 3.63) is 11.9 Å². The molecule has 1 aromatic rings. The van der Waals surface area contributed by atoms with Crippen molar-refractivity contribution in [3.63, 3.8) is 0 Å². The number of aromatic nitrogens is 2. The van der Waals surface area contributed by atoms with Crippen molar-refractivity contribution in [1.29, 1.82) is 0 Å². The Morgan fingerprint density at radius 2 is 1.88 bits per heavy atom. The third kappa shape index (κ3) is 2.48. The number of nitrogens with one attached hydrogen (secondary N) is 1. The van der Waals surface area contributed by atoms with Gasteiger partial charge in [0, 0.05) is 24.7 Å². The van der Waals surface area contributed by atoms with Crippen LogP contribution < -0.4 is 5.32 Å². The third-order valence-corrected chi connectivity index (χ3v) is 3.69. The molecule has 0 spiro atoms. The minimum atomic E-state index is 0.128. The normalized spacial score (nSPS) is 20.9. The zero-order valence-corrected chi connectivity index (χ0v) is 12.0. The Hall–Kier alpha value is -0.990. The molecule has 0 amide bonds. The molecular formula is C14H25N3. The highest BCUT2D eigenvalue weighted by atomic mass is 15.2. The van der Waals surface area contributed by atoms with Gasteiger partial charge in [0.15, 0.2) is 0 Å². The molecule has 2 heterocycles. The number of anilines is 1. The van der Waals surface area contributed by atoms with E-state index < -0.39 is 0 Å². The lowest BCUT2D eigenvalue weighted by Gasteiger charge is -2.34. The van der Waals surface area contributed by atoms with Crippen molar-refractivity contribution >= 4 is 5.95 Å². The molecule has 3 nitrogen and oxygen atoms in total. The van der Waals surface area contributed by atoms with Gasteiger partial charge in [-0.25, -0.2) is 4.98 Å². The smallest absolute Gasteiger partial charge is 0.203 e. The van der Waals surface area contributed by atoms with Gasteiger partial charge in [0.1, 0.15) is 0 Å². The molecule has 0 radical (unpaired) electrons. The number of imidazole rings is 1. The van der Waals surface area contributed by atoms with E-state index in [1.807, 2.05) is 0 Å². The summed E-state index contributed by atoms with van der Waals surface area (Å²) in [7, 11) is 0. The monoisotopic (exact) mass is 235 g/mol. The van der Waals surface area contributed by atoms with Crippen molar-refractivity contribution in [3.8, 4) is 0 Å². The Labute approximate surface area is 105 Å². The van der Waals surface area contributed by atoms with Crippen LogP contribution in [0.4, 0.5) is 5.95 Å². The standard InChI is InChI=1S/C14H25N3/c1-13(2,3)10-7-15-12-16-11(14(4,5)6)9-17(12)8-10/h9-10H,7-8H2,1-6H3,(H,15,16). The van der Waals surface area contributed by atoms with Crippen molar-refractivity contribution in [2.24, 2.45) is 11.3 Å². The molecule has 0 aliphatic carbocycles. The van der Waals surface area contributed by atoms with Gasteiger partial charge in [-0.1, -0.05) is 41.5 Å². The van der Waals surface area contributed by atoms with Crippen LogP contribution in [0.1, 0.15) is 47.2 Å². The molecule has 3 heteroatoms. The van der Waals surface area contributed by atoms with Gasteiger partial charge in [-0.15, -0.1) is 0 Å². The summed E-state index contributed by atoms with van der Waals surface area (Å²) in [5, 5.41) is 3.46.